The van der Waals surface area contributed by atoms with Gasteiger partial charge in [0.1, 0.15) is 0 Å². The zero-order chi connectivity index (χ0) is 12.1. The first kappa shape index (κ1) is 12.9. The van der Waals surface area contributed by atoms with Crippen LogP contribution in [-0.4, -0.2) is 16.3 Å². The molecule has 0 aromatic carbocycles. The van der Waals surface area contributed by atoms with Crippen molar-refractivity contribution in [3.63, 3.8) is 0 Å². The standard InChI is InChI=1S/C14H22N2S/c1-11(15)10-12-6-5-9-16-14(12)17-13-7-3-2-4-8-13/h5-6,9,11,13H,2-4,7-8,10,15H2,1H3. The number of thioether (sulfide) groups is 1. The average Bonchev–Trinajstić information content (AvgIpc) is 2.32. The van der Waals surface area contributed by atoms with E-state index < -0.39 is 0 Å². The van der Waals surface area contributed by atoms with Crippen LogP contribution in [0.15, 0.2) is 23.4 Å². The SMILES string of the molecule is CC(N)Cc1cccnc1SC1CCCCC1. The molecule has 3 heteroatoms. The van der Waals surface area contributed by atoms with Crippen LogP contribution in [0, 0.1) is 0 Å². The maximum Gasteiger partial charge on any atom is 0.0995 e. The Hall–Kier alpha value is -0.540. The third kappa shape index (κ3) is 4.00. The van der Waals surface area contributed by atoms with Crippen LogP contribution < -0.4 is 5.73 Å². The van der Waals surface area contributed by atoms with Crippen LogP contribution in [0.25, 0.3) is 0 Å². The summed E-state index contributed by atoms with van der Waals surface area (Å²) in [6, 6.07) is 4.40. The van der Waals surface area contributed by atoms with Gasteiger partial charge in [-0.3, -0.25) is 0 Å². The van der Waals surface area contributed by atoms with Crippen LogP contribution in [0.2, 0.25) is 0 Å². The minimum atomic E-state index is 0.213. The lowest BCUT2D eigenvalue weighted by Crippen LogP contribution is -2.18. The Morgan fingerprint density at radius 2 is 2.18 bits per heavy atom. The van der Waals surface area contributed by atoms with Crippen molar-refractivity contribution in [2.75, 3.05) is 0 Å². The first-order valence-corrected chi connectivity index (χ1v) is 7.50. The van der Waals surface area contributed by atoms with Crippen molar-refractivity contribution in [3.8, 4) is 0 Å². The van der Waals surface area contributed by atoms with E-state index in [4.69, 9.17) is 5.73 Å². The number of nitrogens with zero attached hydrogens (tertiary/aromatic N) is 1. The van der Waals surface area contributed by atoms with Crippen molar-refractivity contribution in [1.29, 1.82) is 0 Å². The lowest BCUT2D eigenvalue weighted by molar-refractivity contribution is 0.515. The second-order valence-corrected chi connectivity index (χ2v) is 6.32. The molecule has 2 N–H and O–H groups in total. The monoisotopic (exact) mass is 250 g/mol. The lowest BCUT2D eigenvalue weighted by Gasteiger charge is -2.21. The summed E-state index contributed by atoms with van der Waals surface area (Å²) in [6.07, 6.45) is 9.70. The van der Waals surface area contributed by atoms with Crippen molar-refractivity contribution in [3.05, 3.63) is 23.9 Å². The van der Waals surface area contributed by atoms with Gasteiger partial charge in [0.05, 0.1) is 5.03 Å². The third-order valence-electron chi connectivity index (χ3n) is 3.22. The fraction of sp³-hybridized carbons (Fsp3) is 0.643. The zero-order valence-corrected chi connectivity index (χ0v) is 11.4. The number of hydrogen-bond donors (Lipinski definition) is 1. The van der Waals surface area contributed by atoms with E-state index in [9.17, 15) is 0 Å². The molecule has 1 saturated carbocycles. The molecule has 1 aliphatic rings. The van der Waals surface area contributed by atoms with E-state index in [0.29, 0.717) is 0 Å². The molecule has 0 bridgehead atoms. The number of hydrogen-bond acceptors (Lipinski definition) is 3. The molecule has 1 fully saturated rings. The van der Waals surface area contributed by atoms with Gasteiger partial charge < -0.3 is 5.73 Å². The molecule has 1 aromatic rings. The summed E-state index contributed by atoms with van der Waals surface area (Å²) in [5.74, 6) is 0. The lowest BCUT2D eigenvalue weighted by atomic mass is 10.0. The molecule has 1 heterocycles. The maximum absolute atomic E-state index is 5.89. The van der Waals surface area contributed by atoms with E-state index in [0.717, 1.165) is 11.7 Å². The van der Waals surface area contributed by atoms with Crippen LogP contribution in [-0.2, 0) is 6.42 Å². The van der Waals surface area contributed by atoms with Gasteiger partial charge in [0.25, 0.3) is 0 Å². The predicted octanol–water partition coefficient (Wildman–Crippen LogP) is 3.40. The summed E-state index contributed by atoms with van der Waals surface area (Å²) in [6.45, 7) is 2.06. The first-order chi connectivity index (χ1) is 8.25. The molecule has 0 spiro atoms. The minimum absolute atomic E-state index is 0.213. The molecule has 94 valence electrons. The van der Waals surface area contributed by atoms with Crippen molar-refractivity contribution in [1.82, 2.24) is 4.98 Å². The molecule has 2 rings (SSSR count). The Labute approximate surface area is 108 Å². The molecule has 0 radical (unpaired) electrons. The summed E-state index contributed by atoms with van der Waals surface area (Å²) < 4.78 is 0. The van der Waals surface area contributed by atoms with E-state index in [1.807, 2.05) is 24.0 Å². The normalized spacial score (nSPS) is 19.2. The topological polar surface area (TPSA) is 38.9 Å². The van der Waals surface area contributed by atoms with E-state index in [-0.39, 0.29) is 6.04 Å². The second-order valence-electron chi connectivity index (χ2n) is 5.03. The molecular weight excluding hydrogens is 228 g/mol. The van der Waals surface area contributed by atoms with Crippen LogP contribution >= 0.6 is 11.8 Å². The predicted molar refractivity (Wildman–Crippen MR) is 74.3 cm³/mol. The molecule has 0 amide bonds. The van der Waals surface area contributed by atoms with Gasteiger partial charge >= 0.3 is 0 Å². The van der Waals surface area contributed by atoms with E-state index in [1.165, 1.54) is 42.7 Å². The van der Waals surface area contributed by atoms with Crippen molar-refractivity contribution in [2.45, 2.75) is 61.8 Å². The molecular formula is C14H22N2S. The molecule has 2 nitrogen and oxygen atoms in total. The Morgan fingerprint density at radius 3 is 2.88 bits per heavy atom. The maximum atomic E-state index is 5.89. The highest BCUT2D eigenvalue weighted by atomic mass is 32.2. The third-order valence-corrected chi connectivity index (χ3v) is 4.62. The van der Waals surface area contributed by atoms with E-state index in [1.54, 1.807) is 0 Å². The molecule has 1 unspecified atom stereocenters. The van der Waals surface area contributed by atoms with Gasteiger partial charge in [-0.05, 0) is 37.8 Å². The van der Waals surface area contributed by atoms with E-state index in [2.05, 4.69) is 18.0 Å². The smallest absolute Gasteiger partial charge is 0.0995 e. The zero-order valence-electron chi connectivity index (χ0n) is 10.6. The van der Waals surface area contributed by atoms with Gasteiger partial charge in [0.15, 0.2) is 0 Å². The molecule has 1 aromatic heterocycles. The second kappa shape index (κ2) is 6.41. The summed E-state index contributed by atoms with van der Waals surface area (Å²) in [5, 5.41) is 1.97. The van der Waals surface area contributed by atoms with Crippen LogP contribution in [0.3, 0.4) is 0 Å². The van der Waals surface area contributed by atoms with Gasteiger partial charge in [0, 0.05) is 17.5 Å². The summed E-state index contributed by atoms with van der Waals surface area (Å²) >= 11 is 1.97. The number of aromatic nitrogens is 1. The van der Waals surface area contributed by atoms with E-state index >= 15 is 0 Å². The van der Waals surface area contributed by atoms with Crippen molar-refractivity contribution < 1.29 is 0 Å². The van der Waals surface area contributed by atoms with Gasteiger partial charge in [-0.1, -0.05) is 25.3 Å². The Balaban J connectivity index is 2.03. The Morgan fingerprint density at radius 1 is 1.41 bits per heavy atom. The highest BCUT2D eigenvalue weighted by Gasteiger charge is 2.17. The fourth-order valence-electron chi connectivity index (χ4n) is 2.37. The van der Waals surface area contributed by atoms with Gasteiger partial charge in [-0.2, -0.15) is 0 Å². The molecule has 1 atom stereocenters. The minimum Gasteiger partial charge on any atom is -0.328 e. The number of rotatable bonds is 4. The summed E-state index contributed by atoms with van der Waals surface area (Å²) in [5.41, 5.74) is 7.21. The molecule has 17 heavy (non-hydrogen) atoms. The fourth-order valence-corrected chi connectivity index (χ4v) is 3.68. The van der Waals surface area contributed by atoms with Crippen molar-refractivity contribution >= 4 is 11.8 Å². The number of pyridine rings is 1. The highest BCUT2D eigenvalue weighted by molar-refractivity contribution is 7.99. The van der Waals surface area contributed by atoms with Crippen LogP contribution in [0.5, 0.6) is 0 Å². The summed E-state index contributed by atoms with van der Waals surface area (Å²) in [4.78, 5) is 4.53. The molecule has 0 aliphatic heterocycles. The Bertz CT molecular complexity index is 346. The molecule has 0 saturated heterocycles. The van der Waals surface area contributed by atoms with Crippen molar-refractivity contribution in [2.24, 2.45) is 5.73 Å². The molecule has 1 aliphatic carbocycles. The Kier molecular flexibility index (Phi) is 4.86. The van der Waals surface area contributed by atoms with Crippen LogP contribution in [0.4, 0.5) is 0 Å². The largest absolute Gasteiger partial charge is 0.328 e. The number of nitrogens with two attached hydrogens (primary N) is 1. The highest BCUT2D eigenvalue weighted by Crippen LogP contribution is 2.34. The average molecular weight is 250 g/mol. The van der Waals surface area contributed by atoms with Gasteiger partial charge in [-0.25, -0.2) is 4.98 Å². The van der Waals surface area contributed by atoms with Gasteiger partial charge in [0.2, 0.25) is 0 Å². The van der Waals surface area contributed by atoms with Crippen LogP contribution in [0.1, 0.15) is 44.6 Å². The summed E-state index contributed by atoms with van der Waals surface area (Å²) in [7, 11) is 0. The van der Waals surface area contributed by atoms with Gasteiger partial charge in [-0.15, -0.1) is 11.8 Å². The first-order valence-electron chi connectivity index (χ1n) is 6.62. The quantitative estimate of drug-likeness (QED) is 0.890.